The van der Waals surface area contributed by atoms with Gasteiger partial charge in [0.25, 0.3) is 0 Å². The maximum atomic E-state index is 11.9. The second kappa shape index (κ2) is 11.1. The molecule has 0 spiro atoms. The van der Waals surface area contributed by atoms with Crippen molar-refractivity contribution in [3.63, 3.8) is 0 Å². The summed E-state index contributed by atoms with van der Waals surface area (Å²) in [5.74, 6) is 0.422. The van der Waals surface area contributed by atoms with E-state index in [0.29, 0.717) is 18.4 Å². The number of aromatic nitrogens is 1. The molecule has 0 aliphatic carbocycles. The van der Waals surface area contributed by atoms with Gasteiger partial charge in [0.05, 0.1) is 13.5 Å². The molecule has 34 heavy (non-hydrogen) atoms. The zero-order chi connectivity index (χ0) is 24.8. The molecule has 0 unspecified atom stereocenters. The summed E-state index contributed by atoms with van der Waals surface area (Å²) in [6, 6.07) is 12.8. The molecule has 3 rings (SSSR count). The van der Waals surface area contributed by atoms with Crippen LogP contribution < -0.4 is 4.74 Å². The van der Waals surface area contributed by atoms with Gasteiger partial charge in [0.1, 0.15) is 12.4 Å². The van der Waals surface area contributed by atoms with E-state index in [1.165, 1.54) is 18.0 Å². The third-order valence-corrected chi connectivity index (χ3v) is 5.69. The number of benzene rings is 2. The maximum Gasteiger partial charge on any atom is 0.310 e. The molecule has 0 bridgehead atoms. The van der Waals surface area contributed by atoms with Gasteiger partial charge in [-0.15, -0.1) is 0 Å². The van der Waals surface area contributed by atoms with E-state index < -0.39 is 0 Å². The third-order valence-electron chi connectivity index (χ3n) is 5.69. The normalized spacial score (nSPS) is 12.0. The van der Waals surface area contributed by atoms with Crippen LogP contribution in [0.2, 0.25) is 0 Å². The highest BCUT2D eigenvalue weighted by atomic mass is 16.5. The predicted molar refractivity (Wildman–Crippen MR) is 141 cm³/mol. The van der Waals surface area contributed by atoms with Gasteiger partial charge in [-0.1, -0.05) is 42.5 Å². The highest BCUT2D eigenvalue weighted by Crippen LogP contribution is 2.32. The topological polar surface area (TPSA) is 40.5 Å². The van der Waals surface area contributed by atoms with Gasteiger partial charge in [-0.3, -0.25) is 4.79 Å². The number of nitrogens with zero attached hydrogens (tertiary/aromatic N) is 1. The Bertz CT molecular complexity index is 1260. The van der Waals surface area contributed by atoms with Crippen molar-refractivity contribution in [2.45, 2.75) is 53.7 Å². The number of carbonyl (C=O) groups is 1. The van der Waals surface area contributed by atoms with Crippen molar-refractivity contribution in [3.05, 3.63) is 95.2 Å². The van der Waals surface area contributed by atoms with Gasteiger partial charge in [0.15, 0.2) is 0 Å². The van der Waals surface area contributed by atoms with Gasteiger partial charge >= 0.3 is 5.97 Å². The number of fused-ring (bicyclic) bond motifs is 1. The minimum atomic E-state index is -0.284. The molecule has 0 saturated carbocycles. The van der Waals surface area contributed by atoms with Crippen molar-refractivity contribution in [3.8, 4) is 5.75 Å². The fourth-order valence-electron chi connectivity index (χ4n) is 4.08. The molecule has 0 aliphatic heterocycles. The molecule has 1 aromatic heterocycles. The van der Waals surface area contributed by atoms with Gasteiger partial charge in [0, 0.05) is 28.7 Å². The maximum absolute atomic E-state index is 11.9. The number of hydrogen-bond donors (Lipinski definition) is 0. The molecule has 0 fully saturated rings. The zero-order valence-corrected chi connectivity index (χ0v) is 21.1. The van der Waals surface area contributed by atoms with Crippen LogP contribution >= 0.6 is 0 Å². The third kappa shape index (κ3) is 5.88. The van der Waals surface area contributed by atoms with E-state index >= 15 is 0 Å². The lowest BCUT2D eigenvalue weighted by Crippen LogP contribution is -2.07. The van der Waals surface area contributed by atoms with Crippen LogP contribution in [0, 0.1) is 6.92 Å². The van der Waals surface area contributed by atoms with Crippen molar-refractivity contribution in [1.29, 1.82) is 0 Å². The number of rotatable bonds is 9. The number of methoxy groups -OCH3 is 1. The predicted octanol–water partition coefficient (Wildman–Crippen LogP) is 7.36. The summed E-state index contributed by atoms with van der Waals surface area (Å²) in [6.45, 7) is 14.9. The Morgan fingerprint density at radius 1 is 1.18 bits per heavy atom. The van der Waals surface area contributed by atoms with Crippen LogP contribution in [0.4, 0.5) is 0 Å². The van der Waals surface area contributed by atoms with Crippen molar-refractivity contribution < 1.29 is 14.3 Å². The molecule has 0 N–H and O–H groups in total. The van der Waals surface area contributed by atoms with E-state index in [9.17, 15) is 4.79 Å². The van der Waals surface area contributed by atoms with Crippen LogP contribution in [0.25, 0.3) is 16.5 Å². The first-order chi connectivity index (χ1) is 16.2. The van der Waals surface area contributed by atoms with Gasteiger partial charge in [-0.2, -0.15) is 0 Å². The van der Waals surface area contributed by atoms with Gasteiger partial charge in [-0.25, -0.2) is 0 Å². The molecule has 1 heterocycles. The molecule has 0 atom stereocenters. The van der Waals surface area contributed by atoms with Crippen molar-refractivity contribution in [1.82, 2.24) is 4.57 Å². The zero-order valence-electron chi connectivity index (χ0n) is 21.1. The number of ether oxygens (including phenoxy) is 2. The summed E-state index contributed by atoms with van der Waals surface area (Å²) >= 11 is 0. The van der Waals surface area contributed by atoms with Crippen LogP contribution in [0.15, 0.2) is 73.0 Å². The minimum absolute atomic E-state index is 0.180. The Morgan fingerprint density at radius 2 is 1.94 bits per heavy atom. The first-order valence-corrected chi connectivity index (χ1v) is 11.7. The minimum Gasteiger partial charge on any atom is -0.489 e. The Kier molecular flexibility index (Phi) is 8.17. The van der Waals surface area contributed by atoms with E-state index in [2.05, 4.69) is 67.6 Å². The highest BCUT2D eigenvalue weighted by molar-refractivity contribution is 5.96. The van der Waals surface area contributed by atoms with E-state index in [1.807, 2.05) is 39.0 Å². The smallest absolute Gasteiger partial charge is 0.310 e. The second-order valence-electron chi connectivity index (χ2n) is 8.99. The molecule has 3 aromatic rings. The Balaban J connectivity index is 2.07. The largest absolute Gasteiger partial charge is 0.489 e. The lowest BCUT2D eigenvalue weighted by molar-refractivity contribution is -0.139. The first-order valence-electron chi connectivity index (χ1n) is 11.7. The monoisotopic (exact) mass is 457 g/mol. The number of carbonyl (C=O) groups excluding carboxylic acids is 1. The lowest BCUT2D eigenvalue weighted by atomic mass is 9.97. The Labute approximate surface area is 203 Å². The molecular formula is C30H35NO3. The fourth-order valence-corrected chi connectivity index (χ4v) is 4.08. The summed E-state index contributed by atoms with van der Waals surface area (Å²) in [5, 5.41) is 1.20. The van der Waals surface area contributed by atoms with E-state index in [0.717, 1.165) is 33.4 Å². The molecule has 4 heteroatoms. The van der Waals surface area contributed by atoms with Crippen LogP contribution in [-0.4, -0.2) is 17.6 Å². The molecule has 2 aromatic carbocycles. The quantitative estimate of drug-likeness (QED) is 0.249. The second-order valence-corrected chi connectivity index (χ2v) is 8.99. The van der Waals surface area contributed by atoms with Gasteiger partial charge in [-0.05, 0) is 81.1 Å². The van der Waals surface area contributed by atoms with E-state index in [-0.39, 0.29) is 12.4 Å². The number of allylic oxidation sites excluding steroid dienone is 5. The van der Waals surface area contributed by atoms with E-state index in [1.54, 1.807) is 0 Å². The lowest BCUT2D eigenvalue weighted by Gasteiger charge is -2.16. The number of aryl methyl sites for hydroxylation is 1. The number of esters is 1. The highest BCUT2D eigenvalue weighted by Gasteiger charge is 2.14. The van der Waals surface area contributed by atoms with Crippen molar-refractivity contribution >= 4 is 22.4 Å². The Morgan fingerprint density at radius 3 is 2.59 bits per heavy atom. The molecule has 0 saturated heterocycles. The standard InChI is InChI=1S/C30H35NO3/c1-8-9-24(14-20(2)3)27-16-23(17-28-26(27)12-13-31(28)21(4)5)19-34-29-15-22(6)10-11-25(29)18-30(32)33-7/h8-17,21H,2,18-19H2,1,3-7H3/b9-8-,24-14+. The van der Waals surface area contributed by atoms with Crippen LogP contribution in [0.3, 0.4) is 0 Å². The molecule has 0 radical (unpaired) electrons. The van der Waals surface area contributed by atoms with Crippen LogP contribution in [0.5, 0.6) is 5.75 Å². The summed E-state index contributed by atoms with van der Waals surface area (Å²) in [6.07, 6.45) is 8.61. The Hall–Kier alpha value is -3.53. The molecule has 4 nitrogen and oxygen atoms in total. The fraction of sp³-hybridized carbons (Fsp3) is 0.300. The molecule has 0 amide bonds. The van der Waals surface area contributed by atoms with E-state index in [4.69, 9.17) is 9.47 Å². The average Bonchev–Trinajstić information content (AvgIpc) is 3.22. The summed E-state index contributed by atoms with van der Waals surface area (Å²) in [5.41, 5.74) is 7.39. The SMILES string of the molecule is C=C(C)/C=C(\C=C/C)c1cc(COc2cc(C)ccc2CC(=O)OC)cc2c1ccn2C(C)C. The molecular weight excluding hydrogens is 422 g/mol. The molecule has 0 aliphatic rings. The van der Waals surface area contributed by atoms with Gasteiger partial charge < -0.3 is 14.0 Å². The van der Waals surface area contributed by atoms with Crippen molar-refractivity contribution in [2.75, 3.05) is 7.11 Å². The summed E-state index contributed by atoms with van der Waals surface area (Å²) in [4.78, 5) is 11.9. The number of hydrogen-bond acceptors (Lipinski definition) is 3. The summed E-state index contributed by atoms with van der Waals surface area (Å²) in [7, 11) is 1.40. The first kappa shape index (κ1) is 25.1. The van der Waals surface area contributed by atoms with Crippen molar-refractivity contribution in [2.24, 2.45) is 0 Å². The van der Waals surface area contributed by atoms with Crippen LogP contribution in [-0.2, 0) is 22.6 Å². The van der Waals surface area contributed by atoms with Gasteiger partial charge in [0.2, 0.25) is 0 Å². The van der Waals surface area contributed by atoms with Crippen LogP contribution in [0.1, 0.15) is 56.0 Å². The molecule has 178 valence electrons. The summed E-state index contributed by atoms with van der Waals surface area (Å²) < 4.78 is 13.4. The average molecular weight is 458 g/mol.